The van der Waals surface area contributed by atoms with Gasteiger partial charge in [-0.1, -0.05) is 0 Å². The van der Waals surface area contributed by atoms with Gasteiger partial charge in [-0.2, -0.15) is 0 Å². The maximum Gasteiger partial charge on any atom is 0.0905 e. The van der Waals surface area contributed by atoms with Crippen LogP contribution in [0.3, 0.4) is 0 Å². The highest BCUT2D eigenvalue weighted by molar-refractivity contribution is 4.60. The maximum absolute atomic E-state index is 2.32. The third-order valence-corrected chi connectivity index (χ3v) is 3.02. The average Bonchev–Trinajstić information content (AvgIpc) is 1.84. The molecule has 0 bridgehead atoms. The van der Waals surface area contributed by atoms with Gasteiger partial charge in [0.15, 0.2) is 0 Å². The molecule has 0 aromatic carbocycles. The Hall–Kier alpha value is -0.0400. The first-order valence-electron chi connectivity index (χ1n) is 4.22. The van der Waals surface area contributed by atoms with Gasteiger partial charge in [0.2, 0.25) is 0 Å². The summed E-state index contributed by atoms with van der Waals surface area (Å²) in [7, 11) is 2.32. The lowest BCUT2D eigenvalue weighted by molar-refractivity contribution is -0.950. The summed E-state index contributed by atoms with van der Waals surface area (Å²) < 4.78 is 1.16. The summed E-state index contributed by atoms with van der Waals surface area (Å²) in [5.41, 5.74) is 0.392. The highest BCUT2D eigenvalue weighted by Gasteiger charge is 2.32. The van der Waals surface area contributed by atoms with Crippen molar-refractivity contribution in [3.05, 3.63) is 0 Å². The molecule has 0 aromatic heterocycles. The Balaban J connectivity index is 4.33. The lowest BCUT2D eigenvalue weighted by atomic mass is 10.0. The van der Waals surface area contributed by atoms with E-state index in [1.165, 1.54) is 13.1 Å². The van der Waals surface area contributed by atoms with Crippen LogP contribution in [0.25, 0.3) is 0 Å². The largest absolute Gasteiger partial charge is 0.322 e. The van der Waals surface area contributed by atoms with E-state index in [2.05, 4.69) is 41.7 Å². The first kappa shape index (κ1) is 9.96. The molecule has 0 aliphatic rings. The number of nitrogens with zero attached hydrogens (tertiary/aromatic N) is 1. The van der Waals surface area contributed by atoms with Crippen molar-refractivity contribution in [1.29, 1.82) is 0 Å². The van der Waals surface area contributed by atoms with Crippen molar-refractivity contribution in [3.8, 4) is 0 Å². The van der Waals surface area contributed by atoms with Crippen molar-refractivity contribution in [1.82, 2.24) is 0 Å². The molecule has 0 spiro atoms. The first-order chi connectivity index (χ1) is 4.37. The molecule has 0 rings (SSSR count). The highest BCUT2D eigenvalue weighted by Crippen LogP contribution is 2.20. The van der Waals surface area contributed by atoms with Gasteiger partial charge in [0.25, 0.3) is 0 Å². The zero-order chi connectivity index (χ0) is 8.41. The Bertz CT molecular complexity index is 95.8. The Morgan fingerprint density at radius 2 is 1.30 bits per heavy atom. The second-order valence-electron chi connectivity index (χ2n) is 4.20. The number of hydrogen-bond acceptors (Lipinski definition) is 0. The van der Waals surface area contributed by atoms with Crippen LogP contribution in [0.15, 0.2) is 0 Å². The van der Waals surface area contributed by atoms with E-state index in [1.807, 2.05) is 0 Å². The van der Waals surface area contributed by atoms with Gasteiger partial charge in [-0.15, -0.1) is 0 Å². The molecule has 1 heteroatoms. The number of hydrogen-bond donors (Lipinski definition) is 0. The standard InChI is InChI=1S/C9H22N/c1-7-10(6,8-2)9(3,4)5/h7-8H2,1-6H3/q+1. The van der Waals surface area contributed by atoms with Crippen LogP contribution in [0.5, 0.6) is 0 Å². The van der Waals surface area contributed by atoms with Crippen LogP contribution >= 0.6 is 0 Å². The van der Waals surface area contributed by atoms with E-state index in [9.17, 15) is 0 Å². The molecule has 0 fully saturated rings. The molecule has 0 amide bonds. The summed E-state index contributed by atoms with van der Waals surface area (Å²) in [6.45, 7) is 13.9. The van der Waals surface area contributed by atoms with E-state index in [0.717, 1.165) is 4.48 Å². The average molecular weight is 144 g/mol. The van der Waals surface area contributed by atoms with Gasteiger partial charge in [-0.05, 0) is 34.6 Å². The predicted molar refractivity (Wildman–Crippen MR) is 47.0 cm³/mol. The van der Waals surface area contributed by atoms with Crippen molar-refractivity contribution in [2.75, 3.05) is 20.1 Å². The molecular formula is C9H22N+. The first-order valence-corrected chi connectivity index (χ1v) is 4.22. The van der Waals surface area contributed by atoms with E-state index in [-0.39, 0.29) is 0 Å². The summed E-state index contributed by atoms with van der Waals surface area (Å²) in [5.74, 6) is 0. The second kappa shape index (κ2) is 2.91. The summed E-state index contributed by atoms with van der Waals surface area (Å²) in [5, 5.41) is 0. The van der Waals surface area contributed by atoms with Gasteiger partial charge in [0.05, 0.1) is 25.7 Å². The molecule has 0 radical (unpaired) electrons. The topological polar surface area (TPSA) is 0 Å². The van der Waals surface area contributed by atoms with Crippen molar-refractivity contribution >= 4 is 0 Å². The molecule has 0 aromatic rings. The Morgan fingerprint density at radius 1 is 1.00 bits per heavy atom. The minimum atomic E-state index is 0.392. The lowest BCUT2D eigenvalue weighted by Gasteiger charge is -2.44. The lowest BCUT2D eigenvalue weighted by Crippen LogP contribution is -2.56. The molecular weight excluding hydrogens is 122 g/mol. The Morgan fingerprint density at radius 3 is 1.30 bits per heavy atom. The number of rotatable bonds is 2. The minimum Gasteiger partial charge on any atom is -0.322 e. The van der Waals surface area contributed by atoms with Gasteiger partial charge >= 0.3 is 0 Å². The van der Waals surface area contributed by atoms with E-state index in [4.69, 9.17) is 0 Å². The van der Waals surface area contributed by atoms with Crippen LogP contribution in [0.2, 0.25) is 0 Å². The molecule has 0 heterocycles. The highest BCUT2D eigenvalue weighted by atomic mass is 15.4. The van der Waals surface area contributed by atoms with Gasteiger partial charge < -0.3 is 4.48 Å². The number of quaternary nitrogens is 1. The summed E-state index contributed by atoms with van der Waals surface area (Å²) >= 11 is 0. The van der Waals surface area contributed by atoms with E-state index in [1.54, 1.807) is 0 Å². The van der Waals surface area contributed by atoms with E-state index >= 15 is 0 Å². The van der Waals surface area contributed by atoms with Crippen molar-refractivity contribution in [2.24, 2.45) is 0 Å². The third-order valence-electron chi connectivity index (χ3n) is 3.02. The van der Waals surface area contributed by atoms with Crippen LogP contribution in [-0.2, 0) is 0 Å². The van der Waals surface area contributed by atoms with E-state index in [0.29, 0.717) is 5.54 Å². The molecule has 0 aliphatic heterocycles. The van der Waals surface area contributed by atoms with Crippen molar-refractivity contribution in [2.45, 2.75) is 40.2 Å². The molecule has 1 nitrogen and oxygen atoms in total. The van der Waals surface area contributed by atoms with Gasteiger partial charge in [-0.3, -0.25) is 0 Å². The molecule has 0 saturated heterocycles. The van der Waals surface area contributed by atoms with Crippen LogP contribution in [0.4, 0.5) is 0 Å². The third kappa shape index (κ3) is 1.72. The van der Waals surface area contributed by atoms with Crippen LogP contribution in [0, 0.1) is 0 Å². The summed E-state index contributed by atoms with van der Waals surface area (Å²) in [6.07, 6.45) is 0. The fourth-order valence-electron chi connectivity index (χ4n) is 1.17. The molecule has 0 N–H and O–H groups in total. The predicted octanol–water partition coefficient (Wildman–Crippen LogP) is 2.27. The van der Waals surface area contributed by atoms with Gasteiger partial charge in [-0.25, -0.2) is 0 Å². The fraction of sp³-hybridized carbons (Fsp3) is 1.00. The SMILES string of the molecule is CC[N+](C)(CC)C(C)(C)C. The van der Waals surface area contributed by atoms with Gasteiger partial charge in [0.1, 0.15) is 0 Å². The Labute approximate surface area is 65.6 Å². The monoisotopic (exact) mass is 144 g/mol. The Kier molecular flexibility index (Phi) is 2.90. The van der Waals surface area contributed by atoms with Crippen molar-refractivity contribution in [3.63, 3.8) is 0 Å². The smallest absolute Gasteiger partial charge is 0.0905 e. The molecule has 0 aliphatic carbocycles. The van der Waals surface area contributed by atoms with E-state index < -0.39 is 0 Å². The second-order valence-corrected chi connectivity index (χ2v) is 4.20. The summed E-state index contributed by atoms with van der Waals surface area (Å²) in [4.78, 5) is 0. The van der Waals surface area contributed by atoms with Crippen LogP contribution in [0.1, 0.15) is 34.6 Å². The molecule has 0 atom stereocenters. The fourth-order valence-corrected chi connectivity index (χ4v) is 1.17. The van der Waals surface area contributed by atoms with Crippen LogP contribution < -0.4 is 0 Å². The van der Waals surface area contributed by atoms with Gasteiger partial charge in [0, 0.05) is 0 Å². The maximum atomic E-state index is 2.32. The normalized spacial score (nSPS) is 13.8. The summed E-state index contributed by atoms with van der Waals surface area (Å²) in [6, 6.07) is 0. The molecule has 0 unspecified atom stereocenters. The minimum absolute atomic E-state index is 0.392. The molecule has 0 saturated carbocycles. The van der Waals surface area contributed by atoms with Crippen molar-refractivity contribution < 1.29 is 4.48 Å². The molecule has 62 valence electrons. The quantitative estimate of drug-likeness (QED) is 0.522. The zero-order valence-corrected chi connectivity index (χ0v) is 8.36. The van der Waals surface area contributed by atoms with Crippen LogP contribution in [-0.4, -0.2) is 30.2 Å². The molecule has 10 heavy (non-hydrogen) atoms. The zero-order valence-electron chi connectivity index (χ0n) is 8.36.